The van der Waals surface area contributed by atoms with Gasteiger partial charge in [-0.1, -0.05) is 31.9 Å². The van der Waals surface area contributed by atoms with Gasteiger partial charge in [-0.3, -0.25) is 0 Å². The van der Waals surface area contributed by atoms with Gasteiger partial charge in [0.05, 0.1) is 5.52 Å². The number of rotatable bonds is 2. The molecule has 3 rings (SSSR count). The van der Waals surface area contributed by atoms with Gasteiger partial charge in [0.2, 0.25) is 5.95 Å². The largest absolute Gasteiger partial charge is 0.323 e. The number of benzene rings is 2. The molecule has 1 N–H and O–H groups in total. The van der Waals surface area contributed by atoms with Crippen molar-refractivity contribution < 1.29 is 0 Å². The van der Waals surface area contributed by atoms with E-state index in [2.05, 4.69) is 52.4 Å². The third-order valence-electron chi connectivity index (χ3n) is 2.52. The van der Waals surface area contributed by atoms with Gasteiger partial charge in [-0.2, -0.15) is 0 Å². The maximum absolute atomic E-state index is 4.42. The molecule has 1 heterocycles. The summed E-state index contributed by atoms with van der Waals surface area (Å²) in [5.41, 5.74) is 2.48. The molecule has 4 nitrogen and oxygen atoms in total. The first kappa shape index (κ1) is 12.5. The predicted octanol–water partition coefficient (Wildman–Crippen LogP) is 4.29. The highest BCUT2D eigenvalue weighted by molar-refractivity contribution is 9.10. The lowest BCUT2D eigenvalue weighted by Gasteiger charge is -2.05. The second-order valence-corrected chi connectivity index (χ2v) is 5.73. The Morgan fingerprint density at radius 2 is 1.53 bits per heavy atom. The molecule has 0 fully saturated rings. The molecule has 2 aromatic carbocycles. The van der Waals surface area contributed by atoms with Gasteiger partial charge in [0.15, 0.2) is 0 Å². The van der Waals surface area contributed by atoms with Crippen molar-refractivity contribution in [2.75, 3.05) is 5.32 Å². The van der Waals surface area contributed by atoms with Crippen LogP contribution in [0.15, 0.2) is 51.4 Å². The van der Waals surface area contributed by atoms with Crippen molar-refractivity contribution in [1.82, 2.24) is 15.2 Å². The van der Waals surface area contributed by atoms with E-state index in [4.69, 9.17) is 0 Å². The number of anilines is 2. The van der Waals surface area contributed by atoms with Crippen molar-refractivity contribution in [2.24, 2.45) is 0 Å². The summed E-state index contributed by atoms with van der Waals surface area (Å²) < 4.78 is 1.99. The van der Waals surface area contributed by atoms with Crippen molar-refractivity contribution >= 4 is 54.5 Å². The normalized spacial score (nSPS) is 10.6. The van der Waals surface area contributed by atoms with E-state index in [1.54, 1.807) is 0 Å². The van der Waals surface area contributed by atoms with Crippen LogP contribution in [-0.2, 0) is 0 Å². The van der Waals surface area contributed by atoms with Crippen LogP contribution in [-0.4, -0.2) is 15.2 Å². The average molecular weight is 380 g/mol. The summed E-state index contributed by atoms with van der Waals surface area (Å²) >= 11 is 6.79. The zero-order valence-electron chi connectivity index (χ0n) is 9.64. The molecule has 0 saturated heterocycles. The second kappa shape index (κ2) is 5.22. The third-order valence-corrected chi connectivity index (χ3v) is 3.54. The molecule has 1 aromatic heterocycles. The summed E-state index contributed by atoms with van der Waals surface area (Å²) in [4.78, 5) is 4.42. The molecule has 0 atom stereocenters. The van der Waals surface area contributed by atoms with Gasteiger partial charge in [-0.05, 0) is 42.5 Å². The van der Waals surface area contributed by atoms with Crippen LogP contribution in [0.4, 0.5) is 11.6 Å². The number of hydrogen-bond donors (Lipinski definition) is 1. The van der Waals surface area contributed by atoms with Crippen molar-refractivity contribution in [3.8, 4) is 0 Å². The number of fused-ring (bicyclic) bond motifs is 1. The average Bonchev–Trinajstić information content (AvgIpc) is 2.42. The summed E-state index contributed by atoms with van der Waals surface area (Å²) in [6.45, 7) is 0. The molecule has 3 aromatic rings. The molecule has 0 bridgehead atoms. The number of aromatic nitrogens is 3. The number of nitrogens with one attached hydrogen (secondary N) is 1. The molecule has 0 aliphatic heterocycles. The van der Waals surface area contributed by atoms with Gasteiger partial charge in [0.25, 0.3) is 0 Å². The van der Waals surface area contributed by atoms with E-state index in [1.165, 1.54) is 0 Å². The van der Waals surface area contributed by atoms with E-state index in [9.17, 15) is 0 Å². The minimum absolute atomic E-state index is 0.483. The van der Waals surface area contributed by atoms with Crippen LogP contribution in [0.3, 0.4) is 0 Å². The van der Waals surface area contributed by atoms with E-state index < -0.39 is 0 Å². The maximum atomic E-state index is 4.42. The molecule has 0 radical (unpaired) electrons. The van der Waals surface area contributed by atoms with E-state index in [1.807, 2.05) is 42.5 Å². The van der Waals surface area contributed by atoms with Crippen molar-refractivity contribution in [3.05, 3.63) is 51.4 Å². The molecule has 0 saturated carbocycles. The van der Waals surface area contributed by atoms with Crippen LogP contribution in [0.2, 0.25) is 0 Å². The molecular formula is C13H8Br2N4. The smallest absolute Gasteiger partial charge is 0.247 e. The van der Waals surface area contributed by atoms with Gasteiger partial charge in [-0.25, -0.2) is 4.98 Å². The fourth-order valence-electron chi connectivity index (χ4n) is 1.62. The zero-order valence-corrected chi connectivity index (χ0v) is 12.8. The molecule has 94 valence electrons. The predicted molar refractivity (Wildman–Crippen MR) is 82.5 cm³/mol. The molecule has 0 unspecified atom stereocenters. The van der Waals surface area contributed by atoms with Crippen LogP contribution in [0.1, 0.15) is 0 Å². The fourth-order valence-corrected chi connectivity index (χ4v) is 2.24. The fraction of sp³-hybridized carbons (Fsp3) is 0. The number of halogens is 2. The molecular weight excluding hydrogens is 372 g/mol. The number of nitrogens with zero attached hydrogens (tertiary/aromatic N) is 3. The molecule has 0 amide bonds. The lowest BCUT2D eigenvalue weighted by molar-refractivity contribution is 1.03. The Hall–Kier alpha value is -1.53. The molecule has 0 aliphatic rings. The molecule has 19 heavy (non-hydrogen) atoms. The summed E-state index contributed by atoms with van der Waals surface area (Å²) in [7, 11) is 0. The Labute approximate surface area is 126 Å². The Balaban J connectivity index is 1.93. The van der Waals surface area contributed by atoms with Crippen molar-refractivity contribution in [3.63, 3.8) is 0 Å². The highest BCUT2D eigenvalue weighted by atomic mass is 79.9. The monoisotopic (exact) mass is 378 g/mol. The van der Waals surface area contributed by atoms with Gasteiger partial charge in [0, 0.05) is 14.6 Å². The lowest BCUT2D eigenvalue weighted by atomic mass is 10.3. The highest BCUT2D eigenvalue weighted by Crippen LogP contribution is 2.19. The molecule has 0 spiro atoms. The van der Waals surface area contributed by atoms with Crippen LogP contribution in [0, 0.1) is 0 Å². The van der Waals surface area contributed by atoms with E-state index in [-0.39, 0.29) is 0 Å². The summed E-state index contributed by atoms with van der Waals surface area (Å²) in [5.74, 6) is 0.483. The first-order chi connectivity index (χ1) is 9.20. The third kappa shape index (κ3) is 2.90. The Morgan fingerprint density at radius 3 is 2.32 bits per heavy atom. The summed E-state index contributed by atoms with van der Waals surface area (Å²) in [5, 5.41) is 11.3. The first-order valence-electron chi connectivity index (χ1n) is 5.53. The first-order valence-corrected chi connectivity index (χ1v) is 7.12. The Bertz CT molecular complexity index is 728. The van der Waals surface area contributed by atoms with E-state index >= 15 is 0 Å². The summed E-state index contributed by atoms with van der Waals surface area (Å²) in [6.07, 6.45) is 0. The van der Waals surface area contributed by atoms with Crippen LogP contribution < -0.4 is 5.32 Å². The van der Waals surface area contributed by atoms with E-state index in [0.29, 0.717) is 5.95 Å². The second-order valence-electron chi connectivity index (χ2n) is 3.90. The van der Waals surface area contributed by atoms with Gasteiger partial charge in [0.1, 0.15) is 5.52 Å². The van der Waals surface area contributed by atoms with Crippen LogP contribution in [0.5, 0.6) is 0 Å². The Kier molecular flexibility index (Phi) is 3.44. The van der Waals surface area contributed by atoms with Crippen LogP contribution in [0.25, 0.3) is 11.0 Å². The minimum Gasteiger partial charge on any atom is -0.323 e. The zero-order chi connectivity index (χ0) is 13.2. The summed E-state index contributed by atoms with van der Waals surface area (Å²) in [6, 6.07) is 13.5. The maximum Gasteiger partial charge on any atom is 0.247 e. The SMILES string of the molecule is Brc1ccc(Nc2nnc3cc(Br)ccc3n2)cc1. The van der Waals surface area contributed by atoms with Gasteiger partial charge in [-0.15, -0.1) is 10.2 Å². The molecule has 0 aliphatic carbocycles. The minimum atomic E-state index is 0.483. The van der Waals surface area contributed by atoms with Crippen LogP contribution >= 0.6 is 31.9 Å². The highest BCUT2D eigenvalue weighted by Gasteiger charge is 2.02. The topological polar surface area (TPSA) is 50.7 Å². The Morgan fingerprint density at radius 1 is 0.789 bits per heavy atom. The van der Waals surface area contributed by atoms with Gasteiger partial charge < -0.3 is 5.32 Å². The van der Waals surface area contributed by atoms with Gasteiger partial charge >= 0.3 is 0 Å². The molecule has 6 heteroatoms. The lowest BCUT2D eigenvalue weighted by Crippen LogP contribution is -1.99. The number of hydrogen-bond acceptors (Lipinski definition) is 4. The quantitative estimate of drug-likeness (QED) is 0.721. The van der Waals surface area contributed by atoms with Crippen molar-refractivity contribution in [2.45, 2.75) is 0 Å². The van der Waals surface area contributed by atoms with E-state index in [0.717, 1.165) is 25.7 Å². The standard InChI is InChI=1S/C13H8Br2N4/c14-8-1-4-10(5-2-8)16-13-17-11-6-3-9(15)7-12(11)18-19-13/h1-7H,(H,16,17,19). The van der Waals surface area contributed by atoms with Crippen molar-refractivity contribution in [1.29, 1.82) is 0 Å².